The third-order valence-corrected chi connectivity index (χ3v) is 9.42. The molecule has 232 valence electrons. The highest BCUT2D eigenvalue weighted by atomic mass is 32.1. The van der Waals surface area contributed by atoms with Crippen LogP contribution in [0.25, 0.3) is 0 Å². The number of fused-ring (bicyclic) bond motifs is 2. The molecule has 4 aliphatic heterocycles. The first-order valence-electron chi connectivity index (χ1n) is 14.6. The van der Waals surface area contributed by atoms with Gasteiger partial charge in [-0.3, -0.25) is 14.4 Å². The molecule has 4 heterocycles. The lowest BCUT2D eigenvalue weighted by Gasteiger charge is -2.59. The Kier molecular flexibility index (Phi) is 9.94. The van der Waals surface area contributed by atoms with Crippen molar-refractivity contribution >= 4 is 36.4 Å². The van der Waals surface area contributed by atoms with E-state index in [4.69, 9.17) is 24.0 Å². The Bertz CT molecular complexity index is 1010. The zero-order valence-corrected chi connectivity index (χ0v) is 25.3. The number of thiol groups is 1. The van der Waals surface area contributed by atoms with Crippen LogP contribution in [0.1, 0.15) is 79.6 Å². The van der Waals surface area contributed by atoms with Crippen LogP contribution in [0.5, 0.6) is 0 Å². The Balaban J connectivity index is 1.35. The van der Waals surface area contributed by atoms with Crippen molar-refractivity contribution in [2.24, 2.45) is 29.6 Å². The third-order valence-electron chi connectivity index (χ3n) is 9.06. The molecule has 0 unspecified atom stereocenters. The van der Waals surface area contributed by atoms with Gasteiger partial charge in [-0.25, -0.2) is 14.6 Å². The Labute approximate surface area is 246 Å². The number of carbonyl (C=O) groups excluding carboxylic acids is 3. The number of amides is 2. The van der Waals surface area contributed by atoms with Gasteiger partial charge in [0, 0.05) is 30.4 Å². The van der Waals surface area contributed by atoms with Crippen LogP contribution in [0.2, 0.25) is 0 Å². The summed E-state index contributed by atoms with van der Waals surface area (Å²) in [5, 5.41) is 14.2. The number of carbonyl (C=O) groups is 4. The van der Waals surface area contributed by atoms with Crippen LogP contribution < -0.4 is 10.6 Å². The summed E-state index contributed by atoms with van der Waals surface area (Å²) in [6.45, 7) is 9.77. The summed E-state index contributed by atoms with van der Waals surface area (Å²) < 4.78 is 18.3. The molecule has 3 N–H and O–H groups in total. The van der Waals surface area contributed by atoms with Gasteiger partial charge >= 0.3 is 11.9 Å². The van der Waals surface area contributed by atoms with Crippen LogP contribution in [-0.2, 0) is 43.2 Å². The number of esters is 1. The molecule has 2 bridgehead atoms. The van der Waals surface area contributed by atoms with Crippen molar-refractivity contribution in [3.8, 4) is 0 Å². The van der Waals surface area contributed by atoms with E-state index in [-0.39, 0.29) is 42.3 Å². The first-order valence-corrected chi connectivity index (χ1v) is 15.3. The van der Waals surface area contributed by atoms with Crippen molar-refractivity contribution in [3.63, 3.8) is 0 Å². The summed E-state index contributed by atoms with van der Waals surface area (Å²) in [6.07, 6.45) is 1.67. The van der Waals surface area contributed by atoms with Gasteiger partial charge in [-0.2, -0.15) is 12.6 Å². The second-order valence-electron chi connectivity index (χ2n) is 12.6. The minimum Gasteiger partial charge on any atom is -0.480 e. The molecule has 5 aliphatic rings. The molecule has 0 radical (unpaired) electrons. The molecule has 1 spiro atoms. The Morgan fingerprint density at radius 2 is 1.76 bits per heavy atom. The van der Waals surface area contributed by atoms with Crippen molar-refractivity contribution in [3.05, 3.63) is 0 Å². The first-order chi connectivity index (χ1) is 19.3. The third kappa shape index (κ3) is 6.69. The van der Waals surface area contributed by atoms with Gasteiger partial charge in [0.05, 0.1) is 6.42 Å². The van der Waals surface area contributed by atoms with Gasteiger partial charge in [0.2, 0.25) is 23.9 Å². The second-order valence-corrected chi connectivity index (χ2v) is 13.0. The van der Waals surface area contributed by atoms with Gasteiger partial charge in [-0.05, 0) is 50.4 Å². The summed E-state index contributed by atoms with van der Waals surface area (Å²) in [4.78, 5) is 61.4. The summed E-state index contributed by atoms with van der Waals surface area (Å²) in [5.74, 6) is -3.57. The average molecular weight is 601 g/mol. The van der Waals surface area contributed by atoms with Gasteiger partial charge in [-0.15, -0.1) is 0 Å². The standard InChI is InChI=1S/C28H44N2O10S/c1-14(2)12-19(23(33)30-20(13-41)24(34)35)29-21(31)8-9-22(32)36-25-16(4)18-7-6-15(3)17-10-11-27(5)38-26(37-25)28(17,18)40-39-27/h14-20,25-26,41H,6-13H2,1-5H3,(H,29,31)(H,30,33)(H,34,35)/t15-,16-,17+,18+,19+,20+,25-,26-,27+,28-/m1/s1. The second kappa shape index (κ2) is 12.7. The van der Waals surface area contributed by atoms with Gasteiger partial charge in [0.1, 0.15) is 12.1 Å². The largest absolute Gasteiger partial charge is 0.480 e. The van der Waals surface area contributed by atoms with Crippen LogP contribution in [0.15, 0.2) is 0 Å². The molecule has 1 aliphatic carbocycles. The molecule has 0 aromatic rings. The SMILES string of the molecule is CC(C)C[C@H](NC(=O)CCC(=O)O[C@@H]1O[C@@H]2O[C@]3(C)CC[C@H]4[C@H](C)CC[C@@H]([C@H]1C)[C@@]24OO3)C(=O)N[C@@H](CS)C(=O)O. The molecule has 13 heteroatoms. The maximum absolute atomic E-state index is 12.9. The summed E-state index contributed by atoms with van der Waals surface area (Å²) in [6, 6.07) is -2.13. The monoisotopic (exact) mass is 600 g/mol. The van der Waals surface area contributed by atoms with Crippen molar-refractivity contribution in [1.82, 2.24) is 10.6 Å². The molecule has 2 amide bonds. The highest BCUT2D eigenvalue weighted by Gasteiger charge is 2.69. The maximum Gasteiger partial charge on any atom is 0.327 e. The number of carboxylic acids is 1. The van der Waals surface area contributed by atoms with E-state index in [9.17, 15) is 24.3 Å². The van der Waals surface area contributed by atoms with E-state index in [2.05, 4.69) is 30.2 Å². The Hall–Kier alpha value is -1.93. The zero-order chi connectivity index (χ0) is 30.1. The molecule has 4 saturated heterocycles. The number of hydrogen-bond acceptors (Lipinski definition) is 10. The molecule has 10 atom stereocenters. The van der Waals surface area contributed by atoms with Crippen LogP contribution in [-0.4, -0.2) is 70.7 Å². The fraction of sp³-hybridized carbons (Fsp3) is 0.857. The van der Waals surface area contributed by atoms with Crippen molar-refractivity contribution < 1.29 is 48.3 Å². The molecule has 0 aromatic heterocycles. The average Bonchev–Trinajstić information content (AvgIpc) is 3.13. The lowest BCUT2D eigenvalue weighted by atomic mass is 9.58. The molecular weight excluding hydrogens is 556 g/mol. The van der Waals surface area contributed by atoms with Gasteiger partial charge in [0.25, 0.3) is 0 Å². The van der Waals surface area contributed by atoms with Crippen LogP contribution in [0, 0.1) is 29.6 Å². The fourth-order valence-electron chi connectivity index (χ4n) is 6.84. The van der Waals surface area contributed by atoms with Crippen LogP contribution in [0.4, 0.5) is 0 Å². The predicted octanol–water partition coefficient (Wildman–Crippen LogP) is 2.55. The quantitative estimate of drug-likeness (QED) is 0.158. The molecule has 5 rings (SSSR count). The van der Waals surface area contributed by atoms with Crippen molar-refractivity contribution in [2.75, 3.05) is 5.75 Å². The number of rotatable bonds is 11. The predicted molar refractivity (Wildman–Crippen MR) is 147 cm³/mol. The summed E-state index contributed by atoms with van der Waals surface area (Å²) in [7, 11) is 0. The first kappa shape index (κ1) is 32.0. The van der Waals surface area contributed by atoms with Gasteiger partial charge in [0.15, 0.2) is 11.9 Å². The lowest BCUT2D eigenvalue weighted by molar-refractivity contribution is -0.576. The van der Waals surface area contributed by atoms with E-state index in [0.717, 1.165) is 19.3 Å². The Morgan fingerprint density at radius 1 is 1.02 bits per heavy atom. The molecule has 5 fully saturated rings. The van der Waals surface area contributed by atoms with Gasteiger partial charge in [-0.1, -0.05) is 27.7 Å². The topological polar surface area (TPSA) is 159 Å². The van der Waals surface area contributed by atoms with Crippen LogP contribution >= 0.6 is 12.6 Å². The number of aliphatic carboxylic acids is 1. The lowest BCUT2D eigenvalue weighted by Crippen LogP contribution is -2.70. The molecule has 0 aromatic carbocycles. The minimum atomic E-state index is -1.22. The van der Waals surface area contributed by atoms with Gasteiger partial charge < -0.3 is 30.0 Å². The van der Waals surface area contributed by atoms with E-state index in [1.54, 1.807) is 0 Å². The van der Waals surface area contributed by atoms with E-state index >= 15 is 0 Å². The zero-order valence-electron chi connectivity index (χ0n) is 24.4. The minimum absolute atomic E-state index is 0.00612. The number of nitrogens with one attached hydrogen (secondary N) is 2. The molecule has 1 saturated carbocycles. The van der Waals surface area contributed by atoms with E-state index < -0.39 is 59.8 Å². The number of hydrogen-bond donors (Lipinski definition) is 4. The van der Waals surface area contributed by atoms with Crippen molar-refractivity contribution in [2.45, 2.75) is 116 Å². The van der Waals surface area contributed by atoms with Crippen molar-refractivity contribution in [1.29, 1.82) is 0 Å². The van der Waals surface area contributed by atoms with E-state index in [1.807, 2.05) is 27.7 Å². The normalized spacial score (nSPS) is 37.3. The summed E-state index contributed by atoms with van der Waals surface area (Å²) in [5.41, 5.74) is -0.769. The maximum atomic E-state index is 12.9. The molecular formula is C28H44N2O10S. The number of carboxylic acid groups (broad SMARTS) is 1. The fourth-order valence-corrected chi connectivity index (χ4v) is 7.09. The smallest absolute Gasteiger partial charge is 0.327 e. The highest BCUT2D eigenvalue weighted by Crippen LogP contribution is 2.60. The Morgan fingerprint density at radius 3 is 2.41 bits per heavy atom. The summed E-state index contributed by atoms with van der Waals surface area (Å²) >= 11 is 3.96. The number of ether oxygens (including phenoxy) is 3. The molecule has 12 nitrogen and oxygen atoms in total. The highest BCUT2D eigenvalue weighted by molar-refractivity contribution is 7.80. The van der Waals surface area contributed by atoms with E-state index in [1.165, 1.54) is 0 Å². The van der Waals surface area contributed by atoms with E-state index in [0.29, 0.717) is 18.8 Å². The molecule has 41 heavy (non-hydrogen) atoms. The van der Waals surface area contributed by atoms with Crippen LogP contribution in [0.3, 0.4) is 0 Å².